The summed E-state index contributed by atoms with van der Waals surface area (Å²) in [6.07, 6.45) is -1.58. The molecular weight excluding hydrogens is 394 g/mol. The number of methoxy groups -OCH3 is 4. The molecule has 3 atom stereocenters. The van der Waals surface area contributed by atoms with Crippen molar-refractivity contribution in [3.63, 3.8) is 0 Å². The summed E-state index contributed by atoms with van der Waals surface area (Å²) in [5.41, 5.74) is 5.63. The highest BCUT2D eigenvalue weighted by Gasteiger charge is 2.30. The fourth-order valence-electron chi connectivity index (χ4n) is 2.00. The van der Waals surface area contributed by atoms with Gasteiger partial charge >= 0.3 is 23.9 Å². The molecule has 0 spiro atoms. The van der Waals surface area contributed by atoms with Crippen LogP contribution in [0.5, 0.6) is 0 Å². The van der Waals surface area contributed by atoms with Crippen molar-refractivity contribution < 1.29 is 47.7 Å². The first-order chi connectivity index (χ1) is 13.6. The molecule has 0 saturated heterocycles. The van der Waals surface area contributed by atoms with E-state index in [0.717, 1.165) is 28.4 Å². The molecule has 0 heterocycles. The summed E-state index contributed by atoms with van der Waals surface area (Å²) in [5, 5.41) is 4.39. The lowest BCUT2D eigenvalue weighted by Gasteiger charge is -2.19. The molecule has 0 bridgehead atoms. The Kier molecular flexibility index (Phi) is 11.6. The van der Waals surface area contributed by atoms with Crippen LogP contribution in [0.1, 0.15) is 19.3 Å². The zero-order valence-corrected chi connectivity index (χ0v) is 16.5. The van der Waals surface area contributed by atoms with Crippen molar-refractivity contribution >= 4 is 35.7 Å². The van der Waals surface area contributed by atoms with Crippen molar-refractivity contribution in [2.45, 2.75) is 37.4 Å². The molecule has 0 radical (unpaired) electrons. The maximum Gasteiger partial charge on any atom is 0.328 e. The number of ether oxygens (including phenoxy) is 4. The fourth-order valence-corrected chi connectivity index (χ4v) is 2.00. The number of carbonyl (C=O) groups is 6. The largest absolute Gasteiger partial charge is 0.469 e. The third-order valence-electron chi connectivity index (χ3n) is 3.56. The number of hydrogen-bond donors (Lipinski definition) is 3. The first kappa shape index (κ1) is 25.8. The Bertz CT molecular complexity index is 636. The quantitative estimate of drug-likeness (QED) is 0.231. The van der Waals surface area contributed by atoms with Gasteiger partial charge in [0.25, 0.3) is 0 Å². The van der Waals surface area contributed by atoms with E-state index in [-0.39, 0.29) is 0 Å². The molecule has 0 aliphatic rings. The number of carbonyl (C=O) groups excluding carboxylic acids is 6. The lowest BCUT2D eigenvalue weighted by molar-refractivity contribution is -0.151. The molecule has 0 rings (SSSR count). The van der Waals surface area contributed by atoms with Crippen molar-refractivity contribution in [2.75, 3.05) is 28.4 Å². The van der Waals surface area contributed by atoms with Crippen LogP contribution < -0.4 is 16.4 Å². The summed E-state index contributed by atoms with van der Waals surface area (Å²) in [7, 11) is 4.32. The molecule has 0 unspecified atom stereocenters. The zero-order valence-electron chi connectivity index (χ0n) is 16.5. The van der Waals surface area contributed by atoms with E-state index in [2.05, 4.69) is 29.6 Å². The Morgan fingerprint density at radius 2 is 1.10 bits per heavy atom. The molecule has 0 aliphatic heterocycles. The highest BCUT2D eigenvalue weighted by molar-refractivity contribution is 5.94. The molecule has 4 N–H and O–H groups in total. The Hall–Kier alpha value is -3.22. The normalized spacial score (nSPS) is 13.1. The molecule has 164 valence electrons. The minimum absolute atomic E-state index is 0.486. The maximum absolute atomic E-state index is 12.1. The minimum atomic E-state index is -1.43. The monoisotopic (exact) mass is 419 g/mol. The van der Waals surface area contributed by atoms with Gasteiger partial charge in [0.1, 0.15) is 12.1 Å². The van der Waals surface area contributed by atoms with E-state index < -0.39 is 73.1 Å². The molecule has 0 aromatic heterocycles. The van der Waals surface area contributed by atoms with E-state index in [0.29, 0.717) is 0 Å². The van der Waals surface area contributed by atoms with Crippen LogP contribution in [0, 0.1) is 0 Å². The van der Waals surface area contributed by atoms with Gasteiger partial charge in [0.05, 0.1) is 53.7 Å². The molecule has 0 aromatic rings. The second-order valence-electron chi connectivity index (χ2n) is 5.60. The Balaban J connectivity index is 4.93. The van der Waals surface area contributed by atoms with Crippen molar-refractivity contribution in [2.24, 2.45) is 5.73 Å². The molecule has 0 fully saturated rings. The summed E-state index contributed by atoms with van der Waals surface area (Å²) in [6.45, 7) is 0. The van der Waals surface area contributed by atoms with Gasteiger partial charge in [-0.15, -0.1) is 0 Å². The number of nitrogens with one attached hydrogen (secondary N) is 2. The van der Waals surface area contributed by atoms with E-state index in [4.69, 9.17) is 5.73 Å². The lowest BCUT2D eigenvalue weighted by atomic mass is 10.1. The Labute approximate surface area is 166 Å². The Morgan fingerprint density at radius 1 is 0.690 bits per heavy atom. The number of hydrogen-bond acceptors (Lipinski definition) is 11. The predicted octanol–water partition coefficient (Wildman–Crippen LogP) is -2.85. The van der Waals surface area contributed by atoms with Gasteiger partial charge in [0.15, 0.2) is 0 Å². The van der Waals surface area contributed by atoms with Crippen LogP contribution >= 0.6 is 0 Å². The lowest BCUT2D eigenvalue weighted by Crippen LogP contribution is -2.52. The van der Waals surface area contributed by atoms with Crippen molar-refractivity contribution in [1.29, 1.82) is 0 Å². The van der Waals surface area contributed by atoms with E-state index in [9.17, 15) is 28.8 Å². The number of amides is 2. The van der Waals surface area contributed by atoms with Gasteiger partial charge in [-0.25, -0.2) is 9.59 Å². The molecule has 13 nitrogen and oxygen atoms in total. The molecular formula is C16H25N3O10. The summed E-state index contributed by atoms with van der Waals surface area (Å²) < 4.78 is 17.8. The van der Waals surface area contributed by atoms with Crippen LogP contribution in [-0.4, -0.2) is 82.3 Å². The standard InChI is InChI=1S/C16H25N3O10/c1-26-12(21)6-9(15(24)28-3)18-11(20)5-8(17)14(23)19-10(16(25)29-4)7-13(22)27-2/h8-10H,5-7,17H2,1-4H3,(H,18,20)(H,19,23)/t8-,9-,10-/m0/s1. The van der Waals surface area contributed by atoms with E-state index in [1.165, 1.54) is 0 Å². The van der Waals surface area contributed by atoms with Crippen LogP contribution in [0.2, 0.25) is 0 Å². The van der Waals surface area contributed by atoms with Crippen LogP contribution in [-0.2, 0) is 47.7 Å². The van der Waals surface area contributed by atoms with Crippen LogP contribution in [0.15, 0.2) is 0 Å². The van der Waals surface area contributed by atoms with Crippen molar-refractivity contribution in [3.8, 4) is 0 Å². The zero-order chi connectivity index (χ0) is 22.6. The van der Waals surface area contributed by atoms with E-state index in [1.807, 2.05) is 0 Å². The van der Waals surface area contributed by atoms with Gasteiger partial charge in [-0.2, -0.15) is 0 Å². The molecule has 29 heavy (non-hydrogen) atoms. The fraction of sp³-hybridized carbons (Fsp3) is 0.625. The molecule has 0 aromatic carbocycles. The third-order valence-corrected chi connectivity index (χ3v) is 3.56. The first-order valence-electron chi connectivity index (χ1n) is 8.24. The number of esters is 4. The average molecular weight is 419 g/mol. The summed E-state index contributed by atoms with van der Waals surface area (Å²) in [6, 6.07) is -4.13. The van der Waals surface area contributed by atoms with E-state index >= 15 is 0 Å². The highest BCUT2D eigenvalue weighted by Crippen LogP contribution is 2.02. The van der Waals surface area contributed by atoms with Gasteiger partial charge < -0.3 is 35.3 Å². The third kappa shape index (κ3) is 9.51. The maximum atomic E-state index is 12.1. The van der Waals surface area contributed by atoms with Gasteiger partial charge in [-0.05, 0) is 0 Å². The van der Waals surface area contributed by atoms with Gasteiger partial charge in [-0.3, -0.25) is 19.2 Å². The van der Waals surface area contributed by atoms with Gasteiger partial charge in [0, 0.05) is 0 Å². The van der Waals surface area contributed by atoms with Gasteiger partial charge in [-0.1, -0.05) is 0 Å². The van der Waals surface area contributed by atoms with Crippen molar-refractivity contribution in [1.82, 2.24) is 10.6 Å². The topological polar surface area (TPSA) is 189 Å². The second kappa shape index (κ2) is 13.0. The van der Waals surface area contributed by atoms with Crippen LogP contribution in [0.3, 0.4) is 0 Å². The number of nitrogens with two attached hydrogens (primary N) is 1. The molecule has 0 saturated carbocycles. The highest BCUT2D eigenvalue weighted by atomic mass is 16.5. The SMILES string of the molecule is COC(=O)C[C@H](NC(=O)C[C@H](N)C(=O)N[C@@H](CC(=O)OC)C(=O)OC)C(=O)OC. The predicted molar refractivity (Wildman–Crippen MR) is 93.8 cm³/mol. The molecule has 0 aliphatic carbocycles. The smallest absolute Gasteiger partial charge is 0.328 e. The summed E-state index contributed by atoms with van der Waals surface area (Å²) in [5.74, 6) is -5.13. The molecule has 13 heteroatoms. The average Bonchev–Trinajstić information content (AvgIpc) is 2.70. The molecule has 2 amide bonds. The summed E-state index contributed by atoms with van der Waals surface area (Å²) in [4.78, 5) is 70.2. The second-order valence-corrected chi connectivity index (χ2v) is 5.60. The first-order valence-corrected chi connectivity index (χ1v) is 8.24. The van der Waals surface area contributed by atoms with Crippen LogP contribution in [0.4, 0.5) is 0 Å². The van der Waals surface area contributed by atoms with Gasteiger partial charge in [0.2, 0.25) is 11.8 Å². The summed E-state index contributed by atoms with van der Waals surface area (Å²) >= 11 is 0. The van der Waals surface area contributed by atoms with E-state index in [1.54, 1.807) is 0 Å². The number of rotatable bonds is 11. The minimum Gasteiger partial charge on any atom is -0.469 e. The Morgan fingerprint density at radius 3 is 1.48 bits per heavy atom. The van der Waals surface area contributed by atoms with Crippen LogP contribution in [0.25, 0.3) is 0 Å². The van der Waals surface area contributed by atoms with Crippen molar-refractivity contribution in [3.05, 3.63) is 0 Å².